The van der Waals surface area contributed by atoms with Crippen LogP contribution in [0.3, 0.4) is 0 Å². The maximum absolute atomic E-state index is 9.48. The number of ether oxygens (including phenoxy) is 1. The molecule has 0 saturated carbocycles. The van der Waals surface area contributed by atoms with Crippen LogP contribution in [0, 0.1) is 0 Å². The molecule has 1 rings (SSSR count). The van der Waals surface area contributed by atoms with Gasteiger partial charge >= 0.3 is 0 Å². The molecule has 3 nitrogen and oxygen atoms in total. The fourth-order valence-electron chi connectivity index (χ4n) is 0.755. The van der Waals surface area contributed by atoms with Crippen molar-refractivity contribution in [2.24, 2.45) is 0 Å². The lowest BCUT2D eigenvalue weighted by Crippen LogP contribution is -2.11. The molecule has 1 heterocycles. The average Bonchev–Trinajstić information content (AvgIpc) is 2.51. The van der Waals surface area contributed by atoms with Gasteiger partial charge < -0.3 is 9.84 Å². The van der Waals surface area contributed by atoms with E-state index in [0.717, 1.165) is 0 Å². The van der Waals surface area contributed by atoms with Crippen LogP contribution >= 0.6 is 11.3 Å². The summed E-state index contributed by atoms with van der Waals surface area (Å²) in [6.07, 6.45) is -0.433. The summed E-state index contributed by atoms with van der Waals surface area (Å²) in [5.41, 5.74) is 2.40. The first-order valence-electron chi connectivity index (χ1n) is 3.88. The van der Waals surface area contributed by atoms with Crippen LogP contribution in [-0.2, 0) is 4.74 Å². The second-order valence-corrected chi connectivity index (χ2v) is 3.53. The highest BCUT2D eigenvalue weighted by molar-refractivity contribution is 7.07. The third-order valence-electron chi connectivity index (χ3n) is 1.38. The van der Waals surface area contributed by atoms with E-state index in [1.165, 1.54) is 11.3 Å². The molecule has 0 aliphatic heterocycles. The number of hydrogen-bond acceptors (Lipinski definition) is 4. The maximum atomic E-state index is 9.48. The third kappa shape index (κ3) is 2.89. The summed E-state index contributed by atoms with van der Waals surface area (Å²) in [5, 5.41) is 11.3. The summed E-state index contributed by atoms with van der Waals surface area (Å²) >= 11 is 1.48. The molecule has 0 radical (unpaired) electrons. The summed E-state index contributed by atoms with van der Waals surface area (Å²) in [6.45, 7) is 4.20. The van der Waals surface area contributed by atoms with Crippen LogP contribution in [0.25, 0.3) is 0 Å². The highest BCUT2D eigenvalue weighted by atomic mass is 32.1. The predicted octanol–water partition coefficient (Wildman–Crippen LogP) is 1.60. The van der Waals surface area contributed by atoms with E-state index in [1.807, 2.05) is 19.2 Å². The molecular weight excluding hydrogens is 174 g/mol. The number of aliphatic hydroxyl groups excluding tert-OH is 1. The molecule has 1 unspecified atom stereocenters. The summed E-state index contributed by atoms with van der Waals surface area (Å²) < 4.78 is 5.24. The zero-order valence-electron chi connectivity index (χ0n) is 7.23. The monoisotopic (exact) mass is 187 g/mol. The molecule has 1 N–H and O–H groups in total. The SMILES string of the molecule is CC(C)OCC(O)c1cscn1. The first-order chi connectivity index (χ1) is 5.70. The molecule has 0 aliphatic rings. The van der Waals surface area contributed by atoms with Crippen LogP contribution in [0.1, 0.15) is 25.6 Å². The molecule has 4 heteroatoms. The minimum absolute atomic E-state index is 0.151. The molecule has 68 valence electrons. The van der Waals surface area contributed by atoms with E-state index in [-0.39, 0.29) is 6.10 Å². The third-order valence-corrected chi connectivity index (χ3v) is 1.98. The lowest BCUT2D eigenvalue weighted by atomic mass is 10.3. The fourth-order valence-corrected chi connectivity index (χ4v) is 1.36. The van der Waals surface area contributed by atoms with E-state index in [2.05, 4.69) is 4.98 Å². The number of thiazole rings is 1. The summed E-state index contributed by atoms with van der Waals surface area (Å²) in [4.78, 5) is 3.98. The van der Waals surface area contributed by atoms with E-state index >= 15 is 0 Å². The van der Waals surface area contributed by atoms with Crippen LogP contribution in [0.15, 0.2) is 10.9 Å². The van der Waals surface area contributed by atoms with Crippen molar-refractivity contribution < 1.29 is 9.84 Å². The van der Waals surface area contributed by atoms with Gasteiger partial charge in [0.05, 0.1) is 23.9 Å². The quantitative estimate of drug-likeness (QED) is 0.778. The molecular formula is C8H13NO2S. The molecule has 0 amide bonds. The standard InChI is InChI=1S/C8H13NO2S/c1-6(2)11-3-8(10)7-4-12-5-9-7/h4-6,8,10H,3H2,1-2H3. The number of rotatable bonds is 4. The molecule has 1 atom stereocenters. The second-order valence-electron chi connectivity index (χ2n) is 2.81. The minimum atomic E-state index is -0.585. The second kappa shape index (κ2) is 4.54. The van der Waals surface area contributed by atoms with Crippen molar-refractivity contribution in [3.8, 4) is 0 Å². The topological polar surface area (TPSA) is 42.4 Å². The zero-order valence-corrected chi connectivity index (χ0v) is 8.04. The van der Waals surface area contributed by atoms with E-state index in [9.17, 15) is 5.11 Å². The van der Waals surface area contributed by atoms with Crippen LogP contribution in [-0.4, -0.2) is 22.8 Å². The normalized spacial score (nSPS) is 13.7. The minimum Gasteiger partial charge on any atom is -0.384 e. The number of nitrogens with zero attached hydrogens (tertiary/aromatic N) is 1. The van der Waals surface area contributed by atoms with Crippen molar-refractivity contribution in [1.29, 1.82) is 0 Å². The van der Waals surface area contributed by atoms with Crippen molar-refractivity contribution >= 4 is 11.3 Å². The molecule has 0 spiro atoms. The first kappa shape index (κ1) is 9.64. The fraction of sp³-hybridized carbons (Fsp3) is 0.625. The van der Waals surface area contributed by atoms with Crippen LogP contribution in [0.4, 0.5) is 0 Å². The number of hydrogen-bond donors (Lipinski definition) is 1. The Kier molecular flexibility index (Phi) is 3.65. The Labute approximate surface area is 76.0 Å². The van der Waals surface area contributed by atoms with Crippen molar-refractivity contribution in [1.82, 2.24) is 4.98 Å². The molecule has 0 bridgehead atoms. The Morgan fingerprint density at radius 1 is 1.67 bits per heavy atom. The number of aliphatic hydroxyl groups is 1. The van der Waals surface area contributed by atoms with Crippen molar-refractivity contribution in [3.63, 3.8) is 0 Å². The van der Waals surface area contributed by atoms with Gasteiger partial charge in [0.15, 0.2) is 0 Å². The highest BCUT2D eigenvalue weighted by Crippen LogP contribution is 2.13. The van der Waals surface area contributed by atoms with Crippen molar-refractivity contribution in [2.45, 2.75) is 26.1 Å². The van der Waals surface area contributed by atoms with Crippen LogP contribution < -0.4 is 0 Å². The Hall–Kier alpha value is -0.450. The Morgan fingerprint density at radius 3 is 2.92 bits per heavy atom. The van der Waals surface area contributed by atoms with Gasteiger partial charge in [0.1, 0.15) is 6.10 Å². The molecule has 0 saturated heterocycles. The van der Waals surface area contributed by atoms with E-state index < -0.39 is 6.10 Å². The largest absolute Gasteiger partial charge is 0.384 e. The van der Waals surface area contributed by atoms with E-state index in [1.54, 1.807) is 5.51 Å². The summed E-state index contributed by atoms with van der Waals surface area (Å²) in [7, 11) is 0. The van der Waals surface area contributed by atoms with E-state index in [4.69, 9.17) is 4.74 Å². The van der Waals surface area contributed by atoms with Gasteiger partial charge in [-0.3, -0.25) is 0 Å². The Bertz CT molecular complexity index is 211. The predicted molar refractivity (Wildman–Crippen MR) is 48.2 cm³/mol. The molecule has 0 aromatic carbocycles. The summed E-state index contributed by atoms with van der Waals surface area (Å²) in [5.74, 6) is 0. The number of aromatic nitrogens is 1. The van der Waals surface area contributed by atoms with Crippen molar-refractivity contribution in [2.75, 3.05) is 6.61 Å². The molecule has 12 heavy (non-hydrogen) atoms. The molecule has 1 aromatic heterocycles. The van der Waals surface area contributed by atoms with Gasteiger partial charge in [-0.25, -0.2) is 4.98 Å². The molecule has 0 fully saturated rings. The van der Waals surface area contributed by atoms with Gasteiger partial charge in [0.25, 0.3) is 0 Å². The smallest absolute Gasteiger partial charge is 0.120 e. The van der Waals surface area contributed by atoms with E-state index in [0.29, 0.717) is 12.3 Å². The molecule has 1 aromatic rings. The maximum Gasteiger partial charge on any atom is 0.120 e. The Balaban J connectivity index is 2.34. The van der Waals surface area contributed by atoms with Gasteiger partial charge in [-0.05, 0) is 13.8 Å². The highest BCUT2D eigenvalue weighted by Gasteiger charge is 2.09. The first-order valence-corrected chi connectivity index (χ1v) is 4.82. The lowest BCUT2D eigenvalue weighted by molar-refractivity contribution is 0.00350. The van der Waals surface area contributed by atoms with Crippen LogP contribution in [0.5, 0.6) is 0 Å². The van der Waals surface area contributed by atoms with Gasteiger partial charge in [-0.15, -0.1) is 11.3 Å². The van der Waals surface area contributed by atoms with Gasteiger partial charge in [-0.2, -0.15) is 0 Å². The Morgan fingerprint density at radius 2 is 2.42 bits per heavy atom. The van der Waals surface area contributed by atoms with Gasteiger partial charge in [-0.1, -0.05) is 0 Å². The average molecular weight is 187 g/mol. The van der Waals surface area contributed by atoms with Crippen molar-refractivity contribution in [3.05, 3.63) is 16.6 Å². The van der Waals surface area contributed by atoms with Crippen LogP contribution in [0.2, 0.25) is 0 Å². The zero-order chi connectivity index (χ0) is 8.97. The summed E-state index contributed by atoms with van der Waals surface area (Å²) in [6, 6.07) is 0. The lowest BCUT2D eigenvalue weighted by Gasteiger charge is -2.10. The van der Waals surface area contributed by atoms with Gasteiger partial charge in [0.2, 0.25) is 0 Å². The van der Waals surface area contributed by atoms with Gasteiger partial charge in [0, 0.05) is 5.38 Å². The molecule has 0 aliphatic carbocycles.